The van der Waals surface area contributed by atoms with Crippen molar-refractivity contribution in [2.45, 2.75) is 45.4 Å². The first kappa shape index (κ1) is 20.7. The monoisotopic (exact) mass is 407 g/mol. The predicted molar refractivity (Wildman–Crippen MR) is 109 cm³/mol. The maximum atomic E-state index is 12.2. The van der Waals surface area contributed by atoms with E-state index in [1.54, 1.807) is 0 Å². The minimum atomic E-state index is 0.0111. The van der Waals surface area contributed by atoms with Crippen molar-refractivity contribution in [1.82, 2.24) is 29.9 Å². The van der Waals surface area contributed by atoms with E-state index >= 15 is 0 Å². The van der Waals surface area contributed by atoms with Crippen molar-refractivity contribution in [3.05, 3.63) is 17.5 Å². The van der Waals surface area contributed by atoms with Crippen LogP contribution in [0.25, 0.3) is 0 Å². The molecule has 0 saturated carbocycles. The highest BCUT2D eigenvalue weighted by Crippen LogP contribution is 2.22. The Kier molecular flexibility index (Phi) is 7.32. The highest BCUT2D eigenvalue weighted by Gasteiger charge is 2.20. The van der Waals surface area contributed by atoms with Gasteiger partial charge in [-0.15, -0.1) is 10.2 Å². The van der Waals surface area contributed by atoms with Crippen LogP contribution in [0, 0.1) is 13.8 Å². The second-order valence-electron chi connectivity index (χ2n) is 6.77. The average molecular weight is 408 g/mol. The summed E-state index contributed by atoms with van der Waals surface area (Å²) in [5, 5.41) is 16.8. The molecule has 0 atom stereocenters. The largest absolute Gasteiger partial charge is 0.378 e. The quantitative estimate of drug-likeness (QED) is 0.494. The Morgan fingerprint density at radius 2 is 2.07 bits per heavy atom. The third-order valence-electron chi connectivity index (χ3n) is 4.61. The molecule has 2 aromatic rings. The zero-order valence-corrected chi connectivity index (χ0v) is 17.7. The number of aryl methyl sites for hydroxylation is 3. The molecule has 0 bridgehead atoms. The third kappa shape index (κ3) is 5.26. The van der Waals surface area contributed by atoms with E-state index in [0.29, 0.717) is 25.5 Å². The summed E-state index contributed by atoms with van der Waals surface area (Å²) in [7, 11) is 0. The average Bonchev–Trinajstić information content (AvgIpc) is 3.26. The van der Waals surface area contributed by atoms with Crippen LogP contribution in [0.2, 0.25) is 0 Å². The molecule has 2 aromatic heterocycles. The summed E-state index contributed by atoms with van der Waals surface area (Å²) in [6.07, 6.45) is 0.852. The zero-order chi connectivity index (χ0) is 19.9. The zero-order valence-electron chi connectivity index (χ0n) is 16.8. The summed E-state index contributed by atoms with van der Waals surface area (Å²) in [5.41, 5.74) is 2.17. The fourth-order valence-corrected chi connectivity index (χ4v) is 4.03. The number of hydrogen-bond donors (Lipinski definition) is 1. The number of ether oxygens (including phenoxy) is 1. The van der Waals surface area contributed by atoms with Crippen molar-refractivity contribution in [2.75, 3.05) is 43.5 Å². The summed E-state index contributed by atoms with van der Waals surface area (Å²) in [6.45, 7) is 11.4. The first-order chi connectivity index (χ1) is 13.6. The first-order valence-electron chi connectivity index (χ1n) is 9.75. The lowest BCUT2D eigenvalue weighted by atomic mass is 10.4. The molecule has 3 heterocycles. The van der Waals surface area contributed by atoms with Crippen LogP contribution in [0.3, 0.4) is 0 Å². The Balaban J connectivity index is 1.42. The lowest BCUT2D eigenvalue weighted by Crippen LogP contribution is -2.38. The van der Waals surface area contributed by atoms with Gasteiger partial charge in [-0.05, 0) is 33.3 Å². The van der Waals surface area contributed by atoms with Crippen LogP contribution in [-0.2, 0) is 22.6 Å². The van der Waals surface area contributed by atoms with Gasteiger partial charge in [0.15, 0.2) is 5.16 Å². The molecule has 0 aromatic carbocycles. The number of aromatic nitrogens is 5. The number of nitrogens with zero attached hydrogens (tertiary/aromatic N) is 6. The molecule has 154 valence electrons. The molecule has 1 saturated heterocycles. The minimum absolute atomic E-state index is 0.0111. The Bertz CT molecular complexity index is 783. The molecule has 10 heteroatoms. The number of morpholine rings is 1. The topological polar surface area (TPSA) is 90.1 Å². The second kappa shape index (κ2) is 9.92. The molecule has 1 aliphatic heterocycles. The number of rotatable bonds is 9. The summed E-state index contributed by atoms with van der Waals surface area (Å²) >= 11 is 1.43. The van der Waals surface area contributed by atoms with Gasteiger partial charge in [0.05, 0.1) is 24.7 Å². The van der Waals surface area contributed by atoms with Gasteiger partial charge in [0, 0.05) is 38.4 Å². The molecule has 1 fully saturated rings. The van der Waals surface area contributed by atoms with Gasteiger partial charge in [-0.2, -0.15) is 5.10 Å². The molecule has 0 radical (unpaired) electrons. The molecule has 1 aliphatic rings. The molecule has 1 N–H and O–H groups in total. The molecule has 3 rings (SSSR count). The van der Waals surface area contributed by atoms with Crippen LogP contribution in [0.1, 0.15) is 24.7 Å². The lowest BCUT2D eigenvalue weighted by molar-refractivity contribution is -0.118. The first-order valence-corrected chi connectivity index (χ1v) is 10.7. The molecular formula is C18H29N7O2S. The van der Waals surface area contributed by atoms with Crippen molar-refractivity contribution >= 4 is 23.6 Å². The van der Waals surface area contributed by atoms with E-state index in [1.165, 1.54) is 11.8 Å². The van der Waals surface area contributed by atoms with E-state index in [4.69, 9.17) is 4.74 Å². The van der Waals surface area contributed by atoms with Crippen LogP contribution in [-0.4, -0.2) is 69.1 Å². The van der Waals surface area contributed by atoms with Gasteiger partial charge >= 0.3 is 0 Å². The Morgan fingerprint density at radius 3 is 2.75 bits per heavy atom. The third-order valence-corrected chi connectivity index (χ3v) is 5.58. The van der Waals surface area contributed by atoms with E-state index in [9.17, 15) is 4.79 Å². The SMILES string of the molecule is CCn1c(SCC(=O)NCCCn2nc(C)cc2C)nnc1N1CCOCC1. The van der Waals surface area contributed by atoms with E-state index in [2.05, 4.69) is 43.1 Å². The molecule has 1 amide bonds. The molecule has 28 heavy (non-hydrogen) atoms. The fraction of sp³-hybridized carbons (Fsp3) is 0.667. The van der Waals surface area contributed by atoms with Crippen LogP contribution in [0.15, 0.2) is 11.2 Å². The van der Waals surface area contributed by atoms with Crippen molar-refractivity contribution in [3.63, 3.8) is 0 Å². The summed E-state index contributed by atoms with van der Waals surface area (Å²) in [5.74, 6) is 1.21. The van der Waals surface area contributed by atoms with Gasteiger partial charge in [0.25, 0.3) is 0 Å². The van der Waals surface area contributed by atoms with Gasteiger partial charge < -0.3 is 15.0 Å². The Hall–Kier alpha value is -2.07. The molecule has 0 aliphatic carbocycles. The smallest absolute Gasteiger partial charge is 0.230 e. The molecular weight excluding hydrogens is 378 g/mol. The van der Waals surface area contributed by atoms with Crippen LogP contribution in [0.4, 0.5) is 5.95 Å². The van der Waals surface area contributed by atoms with E-state index in [-0.39, 0.29) is 5.91 Å². The van der Waals surface area contributed by atoms with Crippen molar-refractivity contribution in [1.29, 1.82) is 0 Å². The Labute approximate surface area is 169 Å². The number of nitrogens with one attached hydrogen (secondary N) is 1. The van der Waals surface area contributed by atoms with Crippen LogP contribution >= 0.6 is 11.8 Å². The van der Waals surface area contributed by atoms with Crippen molar-refractivity contribution in [2.24, 2.45) is 0 Å². The number of carbonyl (C=O) groups is 1. The van der Waals surface area contributed by atoms with Gasteiger partial charge in [-0.1, -0.05) is 11.8 Å². The minimum Gasteiger partial charge on any atom is -0.378 e. The van der Waals surface area contributed by atoms with Crippen molar-refractivity contribution < 1.29 is 9.53 Å². The second-order valence-corrected chi connectivity index (χ2v) is 7.71. The lowest BCUT2D eigenvalue weighted by Gasteiger charge is -2.27. The highest BCUT2D eigenvalue weighted by atomic mass is 32.2. The Morgan fingerprint density at radius 1 is 1.29 bits per heavy atom. The van der Waals surface area contributed by atoms with Gasteiger partial charge in [-0.3, -0.25) is 14.0 Å². The fourth-order valence-electron chi connectivity index (χ4n) is 3.20. The maximum Gasteiger partial charge on any atom is 0.230 e. The van der Waals surface area contributed by atoms with Crippen LogP contribution in [0.5, 0.6) is 0 Å². The predicted octanol–water partition coefficient (Wildman–Crippen LogP) is 1.25. The summed E-state index contributed by atoms with van der Waals surface area (Å²) in [4.78, 5) is 14.4. The molecule has 0 unspecified atom stereocenters. The molecule has 9 nitrogen and oxygen atoms in total. The summed E-state index contributed by atoms with van der Waals surface area (Å²) in [6, 6.07) is 2.06. The van der Waals surface area contributed by atoms with Crippen LogP contribution < -0.4 is 10.2 Å². The maximum absolute atomic E-state index is 12.2. The normalized spacial score (nSPS) is 14.5. The van der Waals surface area contributed by atoms with Crippen molar-refractivity contribution in [3.8, 4) is 0 Å². The number of amides is 1. The number of anilines is 1. The number of carbonyl (C=O) groups excluding carboxylic acids is 1. The van der Waals surface area contributed by atoms with E-state index in [1.807, 2.05) is 18.5 Å². The summed E-state index contributed by atoms with van der Waals surface area (Å²) < 4.78 is 9.44. The molecule has 0 spiro atoms. The van der Waals surface area contributed by atoms with Gasteiger partial charge in [-0.25, -0.2) is 0 Å². The van der Waals surface area contributed by atoms with Gasteiger partial charge in [0.1, 0.15) is 0 Å². The van der Waals surface area contributed by atoms with E-state index < -0.39 is 0 Å². The number of thioether (sulfide) groups is 1. The van der Waals surface area contributed by atoms with Gasteiger partial charge in [0.2, 0.25) is 11.9 Å². The van der Waals surface area contributed by atoms with E-state index in [0.717, 1.165) is 55.1 Å². The number of hydrogen-bond acceptors (Lipinski definition) is 7. The standard InChI is InChI=1S/C18H29N7O2S/c1-4-24-17(23-8-10-27-11-9-23)20-21-18(24)28-13-16(26)19-6-5-7-25-15(3)12-14(2)22-25/h12H,4-11,13H2,1-3H3,(H,19,26). The highest BCUT2D eigenvalue weighted by molar-refractivity contribution is 7.99.